The highest BCUT2D eigenvalue weighted by Gasteiger charge is 2.36. The standard InChI is InChI=1S/C22H23NO3/c24-15-19-18(25-19)13-7-8-14-20-23-21(16-9-3-1-4-10-16)22(26-20)17-11-5-2-6-12-17/h1-6,9-12,18-19,24H,7-8,13-15H2/t18-,19-/m0/s1. The summed E-state index contributed by atoms with van der Waals surface area (Å²) in [6, 6.07) is 20.3. The second-order valence-electron chi connectivity index (χ2n) is 6.66. The molecule has 4 rings (SSSR count). The number of nitrogens with zero attached hydrogens (tertiary/aromatic N) is 1. The van der Waals surface area contributed by atoms with Gasteiger partial charge in [0.25, 0.3) is 0 Å². The van der Waals surface area contributed by atoms with Gasteiger partial charge in [0.05, 0.1) is 12.7 Å². The maximum absolute atomic E-state index is 9.01. The average molecular weight is 349 g/mol. The molecule has 26 heavy (non-hydrogen) atoms. The Labute approximate surface area is 153 Å². The third-order valence-corrected chi connectivity index (χ3v) is 4.75. The molecule has 0 bridgehead atoms. The summed E-state index contributed by atoms with van der Waals surface area (Å²) in [5, 5.41) is 9.01. The number of aliphatic hydroxyl groups is 1. The summed E-state index contributed by atoms with van der Waals surface area (Å²) in [5.74, 6) is 1.61. The highest BCUT2D eigenvalue weighted by Crippen LogP contribution is 2.33. The lowest BCUT2D eigenvalue weighted by atomic mass is 10.1. The fourth-order valence-electron chi connectivity index (χ4n) is 3.26. The van der Waals surface area contributed by atoms with Gasteiger partial charge in [-0.15, -0.1) is 0 Å². The van der Waals surface area contributed by atoms with Crippen LogP contribution in [0.25, 0.3) is 22.6 Å². The molecule has 134 valence electrons. The van der Waals surface area contributed by atoms with Gasteiger partial charge in [-0.1, -0.05) is 67.1 Å². The lowest BCUT2D eigenvalue weighted by molar-refractivity contribution is 0.241. The van der Waals surface area contributed by atoms with Gasteiger partial charge < -0.3 is 14.3 Å². The molecule has 1 saturated heterocycles. The van der Waals surface area contributed by atoms with Gasteiger partial charge in [-0.3, -0.25) is 0 Å². The Kier molecular flexibility index (Phi) is 5.14. The van der Waals surface area contributed by atoms with Gasteiger partial charge in [0.1, 0.15) is 11.8 Å². The first-order chi connectivity index (χ1) is 12.8. The lowest BCUT2D eigenvalue weighted by Gasteiger charge is -2.00. The molecule has 1 fully saturated rings. The molecule has 4 nitrogen and oxygen atoms in total. The maximum atomic E-state index is 9.01. The second kappa shape index (κ2) is 7.85. The van der Waals surface area contributed by atoms with Crippen molar-refractivity contribution in [1.82, 2.24) is 4.98 Å². The Balaban J connectivity index is 1.48. The minimum Gasteiger partial charge on any atom is -0.440 e. The van der Waals surface area contributed by atoms with E-state index in [1.165, 1.54) is 0 Å². The quantitative estimate of drug-likeness (QED) is 0.481. The van der Waals surface area contributed by atoms with E-state index in [0.717, 1.165) is 54.2 Å². The van der Waals surface area contributed by atoms with E-state index < -0.39 is 0 Å². The number of rotatable bonds is 8. The zero-order valence-electron chi connectivity index (χ0n) is 14.7. The van der Waals surface area contributed by atoms with Gasteiger partial charge >= 0.3 is 0 Å². The number of epoxide rings is 1. The van der Waals surface area contributed by atoms with Crippen molar-refractivity contribution >= 4 is 0 Å². The predicted molar refractivity (Wildman–Crippen MR) is 101 cm³/mol. The van der Waals surface area contributed by atoms with E-state index in [-0.39, 0.29) is 18.8 Å². The molecule has 0 aliphatic carbocycles. The number of ether oxygens (including phenoxy) is 1. The molecule has 2 aromatic carbocycles. The van der Waals surface area contributed by atoms with Crippen molar-refractivity contribution in [3.63, 3.8) is 0 Å². The highest BCUT2D eigenvalue weighted by molar-refractivity contribution is 5.76. The van der Waals surface area contributed by atoms with E-state index in [1.54, 1.807) is 0 Å². The molecule has 0 unspecified atom stereocenters. The van der Waals surface area contributed by atoms with Crippen LogP contribution in [0.5, 0.6) is 0 Å². The summed E-state index contributed by atoms with van der Waals surface area (Å²) in [7, 11) is 0. The Morgan fingerprint density at radius 2 is 1.54 bits per heavy atom. The summed E-state index contributed by atoms with van der Waals surface area (Å²) in [6.45, 7) is 0.130. The van der Waals surface area contributed by atoms with Crippen molar-refractivity contribution in [2.24, 2.45) is 0 Å². The third kappa shape index (κ3) is 3.87. The maximum Gasteiger partial charge on any atom is 0.195 e. The number of hydrogen-bond acceptors (Lipinski definition) is 4. The topological polar surface area (TPSA) is 58.8 Å². The molecule has 4 heteroatoms. The number of aryl methyl sites for hydroxylation is 1. The zero-order chi connectivity index (χ0) is 17.8. The molecule has 1 aromatic heterocycles. The van der Waals surface area contributed by atoms with Crippen molar-refractivity contribution in [3.8, 4) is 22.6 Å². The van der Waals surface area contributed by atoms with Gasteiger partial charge in [-0.05, 0) is 12.8 Å². The normalized spacial score (nSPS) is 18.8. The van der Waals surface area contributed by atoms with Crippen LogP contribution >= 0.6 is 0 Å². The van der Waals surface area contributed by atoms with Crippen LogP contribution in [0.3, 0.4) is 0 Å². The van der Waals surface area contributed by atoms with Crippen molar-refractivity contribution in [3.05, 3.63) is 66.6 Å². The third-order valence-electron chi connectivity index (χ3n) is 4.75. The van der Waals surface area contributed by atoms with E-state index in [2.05, 4.69) is 24.3 Å². The Hall–Kier alpha value is -2.43. The molecule has 2 heterocycles. The number of unbranched alkanes of at least 4 members (excludes halogenated alkanes) is 1. The summed E-state index contributed by atoms with van der Waals surface area (Å²) < 4.78 is 11.5. The Morgan fingerprint density at radius 1 is 0.846 bits per heavy atom. The minimum absolute atomic E-state index is 0.0612. The average Bonchev–Trinajstić information content (AvgIpc) is 3.34. The van der Waals surface area contributed by atoms with Gasteiger partial charge in [0.15, 0.2) is 11.7 Å². The molecule has 0 amide bonds. The number of benzene rings is 2. The molecule has 1 aliphatic heterocycles. The predicted octanol–water partition coefficient (Wildman–Crippen LogP) is 4.48. The fourth-order valence-corrected chi connectivity index (χ4v) is 3.26. The van der Waals surface area contributed by atoms with E-state index in [0.29, 0.717) is 0 Å². The molecule has 1 N–H and O–H groups in total. The molecule has 1 aliphatic rings. The van der Waals surface area contributed by atoms with Crippen molar-refractivity contribution in [2.45, 2.75) is 37.9 Å². The Bertz CT molecular complexity index is 772. The zero-order valence-corrected chi connectivity index (χ0v) is 14.7. The largest absolute Gasteiger partial charge is 0.440 e. The molecular weight excluding hydrogens is 326 g/mol. The molecule has 2 atom stereocenters. The van der Waals surface area contributed by atoms with Crippen LogP contribution in [0, 0.1) is 0 Å². The summed E-state index contributed by atoms with van der Waals surface area (Å²) in [6.07, 6.45) is 4.15. The SMILES string of the molecule is OC[C@@H]1O[C@H]1CCCCc1nc(-c2ccccc2)c(-c2ccccc2)o1. The first kappa shape index (κ1) is 17.0. The van der Waals surface area contributed by atoms with Crippen LogP contribution in [-0.4, -0.2) is 28.9 Å². The van der Waals surface area contributed by atoms with Gasteiger partial charge in [-0.2, -0.15) is 0 Å². The van der Waals surface area contributed by atoms with Crippen LogP contribution in [0.15, 0.2) is 65.1 Å². The molecule has 0 spiro atoms. The van der Waals surface area contributed by atoms with Crippen LogP contribution in [0.2, 0.25) is 0 Å². The summed E-state index contributed by atoms with van der Waals surface area (Å²) >= 11 is 0. The second-order valence-corrected chi connectivity index (χ2v) is 6.66. The lowest BCUT2D eigenvalue weighted by Crippen LogP contribution is -1.99. The monoisotopic (exact) mass is 349 g/mol. The molecule has 0 radical (unpaired) electrons. The van der Waals surface area contributed by atoms with E-state index >= 15 is 0 Å². The van der Waals surface area contributed by atoms with E-state index in [9.17, 15) is 0 Å². The summed E-state index contributed by atoms with van der Waals surface area (Å²) in [4.78, 5) is 4.78. The van der Waals surface area contributed by atoms with Gasteiger partial charge in [-0.25, -0.2) is 4.98 Å². The molecular formula is C22H23NO3. The number of aromatic nitrogens is 1. The highest BCUT2D eigenvalue weighted by atomic mass is 16.6. The van der Waals surface area contributed by atoms with Crippen LogP contribution in [-0.2, 0) is 11.2 Å². The van der Waals surface area contributed by atoms with Gasteiger partial charge in [0.2, 0.25) is 0 Å². The smallest absolute Gasteiger partial charge is 0.195 e. The van der Waals surface area contributed by atoms with E-state index in [1.807, 2.05) is 36.4 Å². The van der Waals surface area contributed by atoms with Crippen LogP contribution < -0.4 is 0 Å². The fraction of sp³-hybridized carbons (Fsp3) is 0.318. The number of aliphatic hydroxyl groups excluding tert-OH is 1. The van der Waals surface area contributed by atoms with Crippen molar-refractivity contribution in [1.29, 1.82) is 0 Å². The first-order valence-electron chi connectivity index (χ1n) is 9.22. The Morgan fingerprint density at radius 3 is 2.19 bits per heavy atom. The first-order valence-corrected chi connectivity index (χ1v) is 9.22. The molecule has 3 aromatic rings. The summed E-state index contributed by atoms with van der Waals surface area (Å²) in [5.41, 5.74) is 3.01. The molecule has 0 saturated carbocycles. The van der Waals surface area contributed by atoms with Crippen molar-refractivity contribution < 1.29 is 14.3 Å². The van der Waals surface area contributed by atoms with Crippen LogP contribution in [0.1, 0.15) is 25.2 Å². The number of oxazole rings is 1. The van der Waals surface area contributed by atoms with Gasteiger partial charge in [0, 0.05) is 17.5 Å². The van der Waals surface area contributed by atoms with Crippen molar-refractivity contribution in [2.75, 3.05) is 6.61 Å². The minimum atomic E-state index is 0.0612. The van der Waals surface area contributed by atoms with E-state index in [4.69, 9.17) is 19.2 Å². The number of hydrogen-bond donors (Lipinski definition) is 1. The van der Waals surface area contributed by atoms with Crippen LogP contribution in [0.4, 0.5) is 0 Å².